The quantitative estimate of drug-likeness (QED) is 0.932. The SMILES string of the molecule is COc1ccnc(Oc2ccc(NC(C)=O)cc2)c1C#N. The van der Waals surface area contributed by atoms with Crippen molar-refractivity contribution in [2.24, 2.45) is 0 Å². The first-order chi connectivity index (χ1) is 10.1. The van der Waals surface area contributed by atoms with Crippen molar-refractivity contribution in [3.8, 4) is 23.4 Å². The minimum absolute atomic E-state index is 0.148. The van der Waals surface area contributed by atoms with E-state index in [4.69, 9.17) is 14.7 Å². The first kappa shape index (κ1) is 14.3. The van der Waals surface area contributed by atoms with Crippen LogP contribution in [0.25, 0.3) is 0 Å². The molecule has 2 aromatic rings. The van der Waals surface area contributed by atoms with Crippen molar-refractivity contribution in [2.75, 3.05) is 12.4 Å². The highest BCUT2D eigenvalue weighted by Crippen LogP contribution is 2.29. The second kappa shape index (κ2) is 6.39. The average molecular weight is 283 g/mol. The number of ether oxygens (including phenoxy) is 2. The van der Waals surface area contributed by atoms with Gasteiger partial charge in [-0.15, -0.1) is 0 Å². The van der Waals surface area contributed by atoms with Crippen LogP contribution in [0.4, 0.5) is 5.69 Å². The lowest BCUT2D eigenvalue weighted by Gasteiger charge is -2.09. The van der Waals surface area contributed by atoms with Crippen LogP contribution in [0.5, 0.6) is 17.4 Å². The molecule has 0 saturated carbocycles. The van der Waals surface area contributed by atoms with Crippen molar-refractivity contribution in [2.45, 2.75) is 6.92 Å². The Kier molecular flexibility index (Phi) is 4.36. The van der Waals surface area contributed by atoms with E-state index in [9.17, 15) is 4.79 Å². The zero-order valence-corrected chi connectivity index (χ0v) is 11.6. The van der Waals surface area contributed by atoms with E-state index >= 15 is 0 Å². The fourth-order valence-electron chi connectivity index (χ4n) is 1.70. The molecular weight excluding hydrogens is 270 g/mol. The number of anilines is 1. The number of hydrogen-bond acceptors (Lipinski definition) is 5. The van der Waals surface area contributed by atoms with Crippen molar-refractivity contribution in [1.29, 1.82) is 5.26 Å². The van der Waals surface area contributed by atoms with E-state index in [0.717, 1.165) is 0 Å². The number of carbonyl (C=O) groups is 1. The van der Waals surface area contributed by atoms with E-state index < -0.39 is 0 Å². The summed E-state index contributed by atoms with van der Waals surface area (Å²) in [4.78, 5) is 15.0. The molecule has 0 radical (unpaired) electrons. The summed E-state index contributed by atoms with van der Waals surface area (Å²) in [5, 5.41) is 11.8. The Labute approximate surface area is 121 Å². The molecule has 6 heteroatoms. The van der Waals surface area contributed by atoms with Crippen molar-refractivity contribution < 1.29 is 14.3 Å². The number of benzene rings is 1. The lowest BCUT2D eigenvalue weighted by molar-refractivity contribution is -0.114. The predicted molar refractivity (Wildman–Crippen MR) is 76.3 cm³/mol. The molecule has 0 fully saturated rings. The van der Waals surface area contributed by atoms with Crippen LogP contribution in [0.3, 0.4) is 0 Å². The van der Waals surface area contributed by atoms with Crippen LogP contribution in [0, 0.1) is 11.3 Å². The van der Waals surface area contributed by atoms with Gasteiger partial charge in [0.05, 0.1) is 7.11 Å². The highest BCUT2D eigenvalue weighted by molar-refractivity contribution is 5.88. The molecule has 21 heavy (non-hydrogen) atoms. The van der Waals surface area contributed by atoms with Gasteiger partial charge in [0.2, 0.25) is 11.8 Å². The van der Waals surface area contributed by atoms with Gasteiger partial charge in [0.25, 0.3) is 0 Å². The zero-order chi connectivity index (χ0) is 15.2. The van der Waals surface area contributed by atoms with Crippen LogP contribution >= 0.6 is 0 Å². The molecule has 0 aliphatic heterocycles. The summed E-state index contributed by atoms with van der Waals surface area (Å²) in [5.41, 5.74) is 0.889. The van der Waals surface area contributed by atoms with E-state index in [1.165, 1.54) is 20.2 Å². The lowest BCUT2D eigenvalue weighted by atomic mass is 10.2. The number of pyridine rings is 1. The molecule has 0 aliphatic rings. The molecule has 0 unspecified atom stereocenters. The van der Waals surface area contributed by atoms with Gasteiger partial charge in [-0.05, 0) is 24.3 Å². The summed E-state index contributed by atoms with van der Waals surface area (Å²) in [6, 6.07) is 10.3. The maximum Gasteiger partial charge on any atom is 0.241 e. The number of rotatable bonds is 4. The molecule has 1 N–H and O–H groups in total. The molecule has 0 spiro atoms. The monoisotopic (exact) mass is 283 g/mol. The Morgan fingerprint density at radius 1 is 1.29 bits per heavy atom. The lowest BCUT2D eigenvalue weighted by Crippen LogP contribution is -2.05. The third-order valence-corrected chi connectivity index (χ3v) is 2.60. The highest BCUT2D eigenvalue weighted by atomic mass is 16.5. The maximum absolute atomic E-state index is 10.9. The minimum Gasteiger partial charge on any atom is -0.495 e. The van der Waals surface area contributed by atoms with Crippen LogP contribution < -0.4 is 14.8 Å². The largest absolute Gasteiger partial charge is 0.495 e. The molecule has 1 heterocycles. The normalized spacial score (nSPS) is 9.57. The van der Waals surface area contributed by atoms with Crippen LogP contribution in [0.1, 0.15) is 12.5 Å². The summed E-state index contributed by atoms with van der Waals surface area (Å²) in [6.07, 6.45) is 1.50. The Hall–Kier alpha value is -3.07. The molecule has 0 atom stereocenters. The van der Waals surface area contributed by atoms with Crippen molar-refractivity contribution in [3.63, 3.8) is 0 Å². The molecule has 106 valence electrons. The van der Waals surface area contributed by atoms with Crippen molar-refractivity contribution in [3.05, 3.63) is 42.1 Å². The summed E-state index contributed by atoms with van der Waals surface area (Å²) in [5.74, 6) is 0.924. The molecule has 6 nitrogen and oxygen atoms in total. The van der Waals surface area contributed by atoms with E-state index in [1.807, 2.05) is 6.07 Å². The number of nitrogens with one attached hydrogen (secondary N) is 1. The smallest absolute Gasteiger partial charge is 0.241 e. The second-order valence-electron chi connectivity index (χ2n) is 4.11. The van der Waals surface area contributed by atoms with Gasteiger partial charge in [-0.25, -0.2) is 4.98 Å². The van der Waals surface area contributed by atoms with Crippen molar-refractivity contribution in [1.82, 2.24) is 4.98 Å². The van der Waals surface area contributed by atoms with Crippen LogP contribution in [0.2, 0.25) is 0 Å². The average Bonchev–Trinajstić information content (AvgIpc) is 2.48. The Morgan fingerprint density at radius 2 is 2.00 bits per heavy atom. The van der Waals surface area contributed by atoms with Gasteiger partial charge in [0.1, 0.15) is 17.6 Å². The van der Waals surface area contributed by atoms with Crippen LogP contribution in [0.15, 0.2) is 36.5 Å². The third-order valence-electron chi connectivity index (χ3n) is 2.60. The van der Waals surface area contributed by atoms with Gasteiger partial charge < -0.3 is 14.8 Å². The molecule has 1 aromatic heterocycles. The number of hydrogen-bond donors (Lipinski definition) is 1. The van der Waals surface area contributed by atoms with Gasteiger partial charge in [-0.1, -0.05) is 0 Å². The summed E-state index contributed by atoms with van der Waals surface area (Å²) < 4.78 is 10.7. The minimum atomic E-state index is -0.148. The predicted octanol–water partition coefficient (Wildman–Crippen LogP) is 2.71. The van der Waals surface area contributed by atoms with Gasteiger partial charge in [0, 0.05) is 24.9 Å². The number of methoxy groups -OCH3 is 1. The molecule has 0 bridgehead atoms. The van der Waals surface area contributed by atoms with E-state index in [1.54, 1.807) is 30.3 Å². The van der Waals surface area contributed by atoms with Gasteiger partial charge >= 0.3 is 0 Å². The topological polar surface area (TPSA) is 84.2 Å². The summed E-state index contributed by atoms with van der Waals surface area (Å²) >= 11 is 0. The van der Waals surface area contributed by atoms with Crippen molar-refractivity contribution >= 4 is 11.6 Å². The van der Waals surface area contributed by atoms with E-state index in [0.29, 0.717) is 17.2 Å². The molecule has 1 amide bonds. The molecule has 2 rings (SSSR count). The first-order valence-corrected chi connectivity index (χ1v) is 6.12. The summed E-state index contributed by atoms with van der Waals surface area (Å²) in [7, 11) is 1.47. The Bertz CT molecular complexity index is 690. The first-order valence-electron chi connectivity index (χ1n) is 6.12. The van der Waals surface area contributed by atoms with Crippen LogP contribution in [-0.2, 0) is 4.79 Å². The fourth-order valence-corrected chi connectivity index (χ4v) is 1.70. The fraction of sp³-hybridized carbons (Fsp3) is 0.133. The number of nitrogens with zero attached hydrogens (tertiary/aromatic N) is 2. The Morgan fingerprint density at radius 3 is 2.57 bits per heavy atom. The molecule has 0 saturated heterocycles. The highest BCUT2D eigenvalue weighted by Gasteiger charge is 2.12. The van der Waals surface area contributed by atoms with Gasteiger partial charge in [0.15, 0.2) is 5.56 Å². The molecule has 1 aromatic carbocycles. The number of nitriles is 1. The van der Waals surface area contributed by atoms with Gasteiger partial charge in [-0.2, -0.15) is 5.26 Å². The Balaban J connectivity index is 2.23. The number of carbonyl (C=O) groups excluding carboxylic acids is 1. The zero-order valence-electron chi connectivity index (χ0n) is 11.6. The van der Waals surface area contributed by atoms with E-state index in [-0.39, 0.29) is 17.4 Å². The number of amides is 1. The third kappa shape index (κ3) is 3.48. The van der Waals surface area contributed by atoms with Crippen LogP contribution in [-0.4, -0.2) is 18.0 Å². The second-order valence-corrected chi connectivity index (χ2v) is 4.11. The number of aromatic nitrogens is 1. The maximum atomic E-state index is 10.9. The molecule has 0 aliphatic carbocycles. The van der Waals surface area contributed by atoms with E-state index in [2.05, 4.69) is 10.3 Å². The molecular formula is C15H13N3O3. The summed E-state index contributed by atoms with van der Waals surface area (Å²) in [6.45, 7) is 1.43. The standard InChI is InChI=1S/C15H13N3O3/c1-10(19)18-11-3-5-12(6-4-11)21-15-13(9-16)14(20-2)7-8-17-15/h3-8H,1-2H3,(H,18,19). The van der Waals surface area contributed by atoms with Gasteiger partial charge in [-0.3, -0.25) is 4.79 Å².